The first-order chi connectivity index (χ1) is 11.6. The Morgan fingerprint density at radius 3 is 2.08 bits per heavy atom. The van der Waals surface area contributed by atoms with E-state index in [4.69, 9.17) is 14.0 Å². The predicted octanol–water partition coefficient (Wildman–Crippen LogP) is 2.30. The van der Waals surface area contributed by atoms with Crippen molar-refractivity contribution < 1.29 is 18.8 Å². The van der Waals surface area contributed by atoms with Crippen LogP contribution in [0, 0.1) is 0 Å². The van der Waals surface area contributed by atoms with Crippen LogP contribution in [-0.4, -0.2) is 42.1 Å². The van der Waals surface area contributed by atoms with Crippen LogP contribution < -0.4 is 5.46 Å². The van der Waals surface area contributed by atoms with Crippen molar-refractivity contribution in [3.05, 3.63) is 29.8 Å². The summed E-state index contributed by atoms with van der Waals surface area (Å²) in [5, 5.41) is 0. The summed E-state index contributed by atoms with van der Waals surface area (Å²) in [6, 6.07) is 7.99. The number of hydrogen-bond donors (Lipinski definition) is 0. The van der Waals surface area contributed by atoms with E-state index in [1.54, 1.807) is 0 Å². The average molecular weight is 343 g/mol. The zero-order valence-electron chi connectivity index (χ0n) is 15.9. The molecule has 6 heteroatoms. The Morgan fingerprint density at radius 1 is 1.12 bits per heavy atom. The molecule has 1 unspecified atom stereocenters. The lowest BCUT2D eigenvalue weighted by Crippen LogP contribution is -2.41. The number of aliphatic imine (C=N–C) groups is 1. The van der Waals surface area contributed by atoms with Gasteiger partial charge in [0.05, 0.1) is 23.5 Å². The first kappa shape index (κ1) is 18.1. The van der Waals surface area contributed by atoms with E-state index >= 15 is 0 Å². The molecule has 0 aromatic heterocycles. The zero-order valence-corrected chi connectivity index (χ0v) is 15.9. The SMILES string of the molecule is CCOC(=O)C1(Cc2ccc(B3OC(C)(C)C(C)(C)O3)cc2)N=C1C. The van der Waals surface area contributed by atoms with Crippen LogP contribution in [0.1, 0.15) is 47.1 Å². The highest BCUT2D eigenvalue weighted by atomic mass is 16.7. The second-order valence-electron chi connectivity index (χ2n) is 7.78. The summed E-state index contributed by atoms with van der Waals surface area (Å²) in [6.07, 6.45) is 0.529. The summed E-state index contributed by atoms with van der Waals surface area (Å²) in [5.74, 6) is -0.262. The fraction of sp³-hybridized carbons (Fsp3) is 0.579. The number of benzene rings is 1. The molecular weight excluding hydrogens is 317 g/mol. The molecule has 0 radical (unpaired) electrons. The summed E-state index contributed by atoms with van der Waals surface area (Å²) in [7, 11) is -0.378. The highest BCUT2D eigenvalue weighted by Crippen LogP contribution is 2.37. The number of esters is 1. The quantitative estimate of drug-likeness (QED) is 0.608. The molecule has 3 rings (SSSR count). The molecule has 0 saturated carbocycles. The number of rotatable bonds is 5. The predicted molar refractivity (Wildman–Crippen MR) is 98.3 cm³/mol. The van der Waals surface area contributed by atoms with Gasteiger partial charge < -0.3 is 14.0 Å². The van der Waals surface area contributed by atoms with Crippen LogP contribution >= 0.6 is 0 Å². The minimum absolute atomic E-state index is 0.262. The van der Waals surface area contributed by atoms with E-state index in [1.807, 2.05) is 65.8 Å². The Labute approximate surface area is 149 Å². The highest BCUT2D eigenvalue weighted by Gasteiger charge is 2.53. The monoisotopic (exact) mass is 343 g/mol. The Morgan fingerprint density at radius 2 is 1.64 bits per heavy atom. The Kier molecular flexibility index (Phi) is 4.32. The molecule has 25 heavy (non-hydrogen) atoms. The third-order valence-electron chi connectivity index (χ3n) is 5.49. The molecule has 1 fully saturated rings. The molecule has 1 aromatic rings. The van der Waals surface area contributed by atoms with Crippen LogP contribution in [0.3, 0.4) is 0 Å². The Hall–Kier alpha value is -1.66. The Bertz CT molecular complexity index is 695. The molecule has 2 aliphatic rings. The fourth-order valence-corrected chi connectivity index (χ4v) is 3.01. The van der Waals surface area contributed by atoms with E-state index in [0.29, 0.717) is 13.0 Å². The first-order valence-electron chi connectivity index (χ1n) is 8.80. The highest BCUT2D eigenvalue weighted by molar-refractivity contribution is 6.62. The standard InChI is InChI=1S/C19H26BNO4/c1-7-23-16(22)19(13(2)21-19)12-14-8-10-15(11-9-14)20-24-17(3,4)18(5,6)25-20/h8-11H,7,12H2,1-6H3. The lowest BCUT2D eigenvalue weighted by atomic mass is 9.78. The summed E-state index contributed by atoms with van der Waals surface area (Å²) < 4.78 is 17.3. The maximum absolute atomic E-state index is 12.2. The molecule has 1 atom stereocenters. The Balaban J connectivity index is 1.71. The summed E-state index contributed by atoms with van der Waals surface area (Å²) in [5.41, 5.74) is 1.34. The molecule has 0 bridgehead atoms. The minimum atomic E-state index is -0.790. The van der Waals surface area contributed by atoms with Crippen molar-refractivity contribution in [1.29, 1.82) is 0 Å². The van der Waals surface area contributed by atoms with Crippen molar-refractivity contribution in [3.63, 3.8) is 0 Å². The fourth-order valence-electron chi connectivity index (χ4n) is 3.01. The summed E-state index contributed by atoms with van der Waals surface area (Å²) >= 11 is 0. The van der Waals surface area contributed by atoms with Gasteiger partial charge in [-0.15, -0.1) is 0 Å². The molecule has 134 valence electrons. The summed E-state index contributed by atoms with van der Waals surface area (Å²) in [4.78, 5) is 16.5. The largest absolute Gasteiger partial charge is 0.494 e. The molecule has 2 heterocycles. The lowest BCUT2D eigenvalue weighted by molar-refractivity contribution is -0.145. The molecule has 1 saturated heterocycles. The van der Waals surface area contributed by atoms with Gasteiger partial charge >= 0.3 is 13.1 Å². The maximum Gasteiger partial charge on any atom is 0.494 e. The molecule has 0 amide bonds. The van der Waals surface area contributed by atoms with Gasteiger partial charge in [-0.2, -0.15) is 0 Å². The van der Waals surface area contributed by atoms with Gasteiger partial charge in [-0.25, -0.2) is 4.79 Å². The molecule has 1 aromatic carbocycles. The van der Waals surface area contributed by atoms with Gasteiger partial charge in [0.15, 0.2) is 5.54 Å². The molecule has 2 aliphatic heterocycles. The van der Waals surface area contributed by atoms with Gasteiger partial charge in [-0.05, 0) is 52.6 Å². The van der Waals surface area contributed by atoms with E-state index in [0.717, 1.165) is 16.7 Å². The van der Waals surface area contributed by atoms with E-state index < -0.39 is 5.54 Å². The van der Waals surface area contributed by atoms with Crippen LogP contribution in [0.25, 0.3) is 0 Å². The second kappa shape index (κ2) is 5.96. The molecule has 0 aliphatic carbocycles. The number of ether oxygens (including phenoxy) is 1. The first-order valence-corrected chi connectivity index (χ1v) is 8.80. The van der Waals surface area contributed by atoms with Gasteiger partial charge in [0.25, 0.3) is 0 Å². The summed E-state index contributed by atoms with van der Waals surface area (Å²) in [6.45, 7) is 12.2. The van der Waals surface area contributed by atoms with Crippen molar-refractivity contribution in [2.75, 3.05) is 6.61 Å². The maximum atomic E-state index is 12.2. The number of hydrogen-bond acceptors (Lipinski definition) is 5. The normalized spacial score (nSPS) is 26.3. The average Bonchev–Trinajstić information content (AvgIpc) is 3.11. The molecule has 0 spiro atoms. The van der Waals surface area contributed by atoms with Gasteiger partial charge in [0, 0.05) is 6.42 Å². The third kappa shape index (κ3) is 3.13. The topological polar surface area (TPSA) is 57.1 Å². The van der Waals surface area contributed by atoms with Crippen LogP contribution in [0.15, 0.2) is 29.3 Å². The smallest absolute Gasteiger partial charge is 0.464 e. The van der Waals surface area contributed by atoms with Crippen molar-refractivity contribution >= 4 is 24.3 Å². The lowest BCUT2D eigenvalue weighted by Gasteiger charge is -2.32. The molecular formula is C19H26BNO4. The van der Waals surface area contributed by atoms with E-state index in [9.17, 15) is 4.79 Å². The number of nitrogens with zero attached hydrogens (tertiary/aromatic N) is 1. The van der Waals surface area contributed by atoms with E-state index in [2.05, 4.69) is 4.99 Å². The molecule has 0 N–H and O–H groups in total. The van der Waals surface area contributed by atoms with Crippen LogP contribution in [0.5, 0.6) is 0 Å². The van der Waals surface area contributed by atoms with E-state index in [1.165, 1.54) is 0 Å². The van der Waals surface area contributed by atoms with Crippen molar-refractivity contribution in [1.82, 2.24) is 0 Å². The van der Waals surface area contributed by atoms with Crippen molar-refractivity contribution in [2.45, 2.75) is 64.7 Å². The van der Waals surface area contributed by atoms with Crippen LogP contribution in [0.2, 0.25) is 0 Å². The zero-order chi connectivity index (χ0) is 18.5. The van der Waals surface area contributed by atoms with Gasteiger partial charge in [0.1, 0.15) is 0 Å². The molecule has 5 nitrogen and oxygen atoms in total. The van der Waals surface area contributed by atoms with Crippen LogP contribution in [-0.2, 0) is 25.3 Å². The van der Waals surface area contributed by atoms with E-state index in [-0.39, 0.29) is 24.3 Å². The second-order valence-corrected chi connectivity index (χ2v) is 7.78. The third-order valence-corrected chi connectivity index (χ3v) is 5.49. The van der Waals surface area contributed by atoms with Gasteiger partial charge in [-0.3, -0.25) is 4.99 Å². The minimum Gasteiger partial charge on any atom is -0.464 e. The van der Waals surface area contributed by atoms with Crippen LogP contribution in [0.4, 0.5) is 0 Å². The van der Waals surface area contributed by atoms with Crippen molar-refractivity contribution in [2.24, 2.45) is 4.99 Å². The number of carbonyl (C=O) groups excluding carboxylic acids is 1. The van der Waals surface area contributed by atoms with Crippen molar-refractivity contribution in [3.8, 4) is 0 Å². The van der Waals surface area contributed by atoms with Gasteiger partial charge in [0.2, 0.25) is 0 Å². The van der Waals surface area contributed by atoms with Gasteiger partial charge in [-0.1, -0.05) is 24.3 Å². The number of carbonyl (C=O) groups is 1.